The van der Waals surface area contributed by atoms with Crippen LogP contribution in [0.3, 0.4) is 0 Å². The summed E-state index contributed by atoms with van der Waals surface area (Å²) >= 11 is 11.8. The molecule has 0 bridgehead atoms. The summed E-state index contributed by atoms with van der Waals surface area (Å²) in [5.41, 5.74) is 0. The molecule has 23 heavy (non-hydrogen) atoms. The van der Waals surface area contributed by atoms with Gasteiger partial charge in [0, 0.05) is 18.7 Å². The molecule has 1 aromatic carbocycles. The number of methoxy groups -OCH3 is 1. The molecule has 0 aliphatic heterocycles. The first-order chi connectivity index (χ1) is 10.8. The SMILES string of the molecule is COCCNC(=O)[C@@H](C)OC(=O)[C@@H](C)Oc1ccc(Cl)cc1Cl. The summed E-state index contributed by atoms with van der Waals surface area (Å²) in [6.07, 6.45) is -1.87. The average Bonchev–Trinajstić information content (AvgIpc) is 2.49. The Hall–Kier alpha value is -1.50. The van der Waals surface area contributed by atoms with Gasteiger partial charge >= 0.3 is 5.97 Å². The Bertz CT molecular complexity index is 553. The highest BCUT2D eigenvalue weighted by Gasteiger charge is 2.23. The summed E-state index contributed by atoms with van der Waals surface area (Å²) in [5, 5.41) is 3.31. The molecule has 0 fully saturated rings. The molecule has 1 rings (SSSR count). The first-order valence-corrected chi connectivity index (χ1v) is 7.69. The van der Waals surface area contributed by atoms with Crippen molar-refractivity contribution in [2.45, 2.75) is 26.1 Å². The maximum Gasteiger partial charge on any atom is 0.347 e. The van der Waals surface area contributed by atoms with Crippen molar-refractivity contribution in [1.29, 1.82) is 0 Å². The molecule has 1 aromatic rings. The molecule has 8 heteroatoms. The zero-order valence-corrected chi connectivity index (χ0v) is 14.6. The Morgan fingerprint density at radius 2 is 1.91 bits per heavy atom. The van der Waals surface area contributed by atoms with E-state index in [1.165, 1.54) is 27.0 Å². The van der Waals surface area contributed by atoms with Crippen molar-refractivity contribution in [3.63, 3.8) is 0 Å². The molecule has 128 valence electrons. The molecular weight excluding hydrogens is 345 g/mol. The number of nitrogens with one attached hydrogen (secondary N) is 1. The summed E-state index contributed by atoms with van der Waals surface area (Å²) < 4.78 is 15.3. The van der Waals surface area contributed by atoms with Crippen LogP contribution in [0.1, 0.15) is 13.8 Å². The largest absolute Gasteiger partial charge is 0.477 e. The molecular formula is C15H19Cl2NO5. The Balaban J connectivity index is 2.51. The minimum Gasteiger partial charge on any atom is -0.477 e. The van der Waals surface area contributed by atoms with Crippen molar-refractivity contribution in [1.82, 2.24) is 5.32 Å². The number of rotatable bonds is 8. The quantitative estimate of drug-likeness (QED) is 0.567. The Morgan fingerprint density at radius 1 is 1.22 bits per heavy atom. The molecule has 0 saturated carbocycles. The number of carbonyl (C=O) groups is 2. The molecule has 0 saturated heterocycles. The van der Waals surface area contributed by atoms with Gasteiger partial charge in [0.2, 0.25) is 0 Å². The van der Waals surface area contributed by atoms with Crippen molar-refractivity contribution >= 4 is 35.1 Å². The van der Waals surface area contributed by atoms with Gasteiger partial charge in [0.15, 0.2) is 12.2 Å². The van der Waals surface area contributed by atoms with Crippen LogP contribution in [-0.2, 0) is 19.1 Å². The van der Waals surface area contributed by atoms with E-state index >= 15 is 0 Å². The van der Waals surface area contributed by atoms with Crippen LogP contribution in [0.5, 0.6) is 5.75 Å². The molecule has 1 amide bonds. The van der Waals surface area contributed by atoms with E-state index in [0.717, 1.165) is 0 Å². The van der Waals surface area contributed by atoms with Gasteiger partial charge in [0.25, 0.3) is 5.91 Å². The van der Waals surface area contributed by atoms with Crippen molar-refractivity contribution in [2.75, 3.05) is 20.3 Å². The Labute approximate surface area is 145 Å². The smallest absolute Gasteiger partial charge is 0.347 e. The minimum atomic E-state index is -0.939. The van der Waals surface area contributed by atoms with Gasteiger partial charge in [-0.05, 0) is 32.0 Å². The number of amides is 1. The second kappa shape index (κ2) is 9.60. The molecule has 2 atom stereocenters. The van der Waals surface area contributed by atoms with Crippen LogP contribution >= 0.6 is 23.2 Å². The van der Waals surface area contributed by atoms with Crippen molar-refractivity contribution < 1.29 is 23.8 Å². The fraction of sp³-hybridized carbons (Fsp3) is 0.467. The number of benzene rings is 1. The third kappa shape index (κ3) is 6.64. The van der Waals surface area contributed by atoms with Crippen molar-refractivity contribution in [3.8, 4) is 5.75 Å². The third-order valence-corrected chi connectivity index (χ3v) is 3.33. The van der Waals surface area contributed by atoms with E-state index in [1.54, 1.807) is 12.1 Å². The van der Waals surface area contributed by atoms with E-state index in [1.807, 2.05) is 0 Å². The predicted octanol–water partition coefficient (Wildman–Crippen LogP) is 2.46. The molecule has 1 N–H and O–H groups in total. The number of halogens is 2. The van der Waals surface area contributed by atoms with Crippen LogP contribution in [0.2, 0.25) is 10.0 Å². The highest BCUT2D eigenvalue weighted by Crippen LogP contribution is 2.28. The van der Waals surface area contributed by atoms with Gasteiger partial charge < -0.3 is 19.5 Å². The molecule has 6 nitrogen and oxygen atoms in total. The molecule has 0 spiro atoms. The van der Waals surface area contributed by atoms with E-state index in [-0.39, 0.29) is 5.02 Å². The van der Waals surface area contributed by atoms with Gasteiger partial charge in [-0.25, -0.2) is 4.79 Å². The van der Waals surface area contributed by atoms with E-state index < -0.39 is 24.1 Å². The van der Waals surface area contributed by atoms with Crippen LogP contribution < -0.4 is 10.1 Å². The van der Waals surface area contributed by atoms with Gasteiger partial charge in [-0.3, -0.25) is 4.79 Å². The van der Waals surface area contributed by atoms with E-state index in [2.05, 4.69) is 5.32 Å². The number of esters is 1. The minimum absolute atomic E-state index is 0.280. The maximum absolute atomic E-state index is 11.9. The van der Waals surface area contributed by atoms with E-state index in [0.29, 0.717) is 23.9 Å². The standard InChI is InChI=1S/C15H19Cl2NO5/c1-9(14(19)18-6-7-21-3)23-15(20)10(2)22-13-5-4-11(16)8-12(13)17/h4-5,8-10H,6-7H2,1-3H3,(H,18,19)/t9-,10-/m1/s1. The van der Waals surface area contributed by atoms with Crippen molar-refractivity contribution in [2.24, 2.45) is 0 Å². The topological polar surface area (TPSA) is 73.9 Å². The Morgan fingerprint density at radius 3 is 2.52 bits per heavy atom. The summed E-state index contributed by atoms with van der Waals surface area (Å²) in [6.45, 7) is 3.69. The number of carbonyl (C=O) groups excluding carboxylic acids is 2. The lowest BCUT2D eigenvalue weighted by Gasteiger charge is -2.18. The number of hydrogen-bond donors (Lipinski definition) is 1. The van der Waals surface area contributed by atoms with Crippen LogP contribution in [0.4, 0.5) is 0 Å². The second-order valence-corrected chi connectivity index (χ2v) is 5.54. The van der Waals surface area contributed by atoms with Gasteiger partial charge in [0.05, 0.1) is 11.6 Å². The maximum atomic E-state index is 11.9. The second-order valence-electron chi connectivity index (χ2n) is 4.70. The molecule has 0 aliphatic rings. The van der Waals surface area contributed by atoms with Gasteiger partial charge in [-0.1, -0.05) is 23.2 Å². The predicted molar refractivity (Wildman–Crippen MR) is 87.0 cm³/mol. The lowest BCUT2D eigenvalue weighted by Crippen LogP contribution is -2.39. The van der Waals surface area contributed by atoms with Crippen LogP contribution in [0.15, 0.2) is 18.2 Å². The molecule has 0 radical (unpaired) electrons. The highest BCUT2D eigenvalue weighted by molar-refractivity contribution is 6.35. The van der Waals surface area contributed by atoms with Gasteiger partial charge in [-0.2, -0.15) is 0 Å². The van der Waals surface area contributed by atoms with Gasteiger partial charge in [-0.15, -0.1) is 0 Å². The van der Waals surface area contributed by atoms with Crippen molar-refractivity contribution in [3.05, 3.63) is 28.2 Å². The highest BCUT2D eigenvalue weighted by atomic mass is 35.5. The zero-order valence-electron chi connectivity index (χ0n) is 13.1. The number of hydrogen-bond acceptors (Lipinski definition) is 5. The molecule has 0 unspecified atom stereocenters. The number of ether oxygens (including phenoxy) is 3. The average molecular weight is 364 g/mol. The van der Waals surface area contributed by atoms with Crippen LogP contribution in [0, 0.1) is 0 Å². The lowest BCUT2D eigenvalue weighted by atomic mass is 10.3. The summed E-state index contributed by atoms with van der Waals surface area (Å²) in [4.78, 5) is 23.7. The normalized spacial score (nSPS) is 13.1. The summed E-state index contributed by atoms with van der Waals surface area (Å²) in [6, 6.07) is 4.64. The van der Waals surface area contributed by atoms with E-state index in [4.69, 9.17) is 37.4 Å². The molecule has 0 heterocycles. The van der Waals surface area contributed by atoms with Gasteiger partial charge in [0.1, 0.15) is 5.75 Å². The Kier molecular flexibility index (Phi) is 8.16. The zero-order chi connectivity index (χ0) is 17.4. The fourth-order valence-electron chi connectivity index (χ4n) is 1.55. The molecule has 0 aliphatic carbocycles. The monoisotopic (exact) mass is 363 g/mol. The van der Waals surface area contributed by atoms with Crippen LogP contribution in [-0.4, -0.2) is 44.3 Å². The third-order valence-electron chi connectivity index (χ3n) is 2.80. The summed E-state index contributed by atoms with van der Waals surface area (Å²) in [5.74, 6) is -0.782. The molecule has 0 aromatic heterocycles. The fourth-order valence-corrected chi connectivity index (χ4v) is 2.01. The first kappa shape index (κ1) is 19.5. The van der Waals surface area contributed by atoms with E-state index in [9.17, 15) is 9.59 Å². The first-order valence-electron chi connectivity index (χ1n) is 6.94. The lowest BCUT2D eigenvalue weighted by molar-refractivity contribution is -0.160. The van der Waals surface area contributed by atoms with Crippen LogP contribution in [0.25, 0.3) is 0 Å². The summed E-state index contributed by atoms with van der Waals surface area (Å²) in [7, 11) is 1.52.